The molecule has 1 aromatic heterocycles. The van der Waals surface area contributed by atoms with E-state index in [2.05, 4.69) is 16.8 Å². The van der Waals surface area contributed by atoms with Crippen molar-refractivity contribution in [3.05, 3.63) is 34.7 Å². The second-order valence-corrected chi connectivity index (χ2v) is 6.11. The van der Waals surface area contributed by atoms with Crippen LogP contribution in [0.3, 0.4) is 0 Å². The molecule has 3 rings (SSSR count). The number of para-hydroxylation sites is 2. The lowest BCUT2D eigenvalue weighted by Crippen LogP contribution is -2.47. The Morgan fingerprint density at radius 1 is 1.38 bits per heavy atom. The zero-order valence-corrected chi connectivity index (χ0v) is 13.8. The summed E-state index contributed by atoms with van der Waals surface area (Å²) in [6.45, 7) is 2.97. The van der Waals surface area contributed by atoms with Crippen LogP contribution in [0.5, 0.6) is 0 Å². The molecule has 2 aromatic rings. The second-order valence-electron chi connectivity index (χ2n) is 6.11. The van der Waals surface area contributed by atoms with Gasteiger partial charge in [-0.15, -0.1) is 11.8 Å². The van der Waals surface area contributed by atoms with E-state index < -0.39 is 6.04 Å². The SMILES string of the molecule is CC#CCC(N)C(=O)N1CCC(n2c(=O)[nH]c3ccccc32)CC1. The number of nitrogens with one attached hydrogen (secondary N) is 1. The monoisotopic (exact) mass is 326 g/mol. The Bertz CT molecular complexity index is 847. The molecular weight excluding hydrogens is 304 g/mol. The lowest BCUT2D eigenvalue weighted by Gasteiger charge is -2.33. The standard InChI is InChI=1S/C18H22N4O2/c1-2-3-6-14(19)17(23)21-11-9-13(10-12-21)22-16-8-5-4-7-15(16)20-18(22)24/h4-5,7-8,13-14H,6,9-12,19H2,1H3,(H,20,24). The minimum absolute atomic E-state index is 0.0533. The Morgan fingerprint density at radius 2 is 2.08 bits per heavy atom. The molecule has 1 fully saturated rings. The van der Waals surface area contributed by atoms with Crippen LogP contribution in [0.25, 0.3) is 11.0 Å². The highest BCUT2D eigenvalue weighted by atomic mass is 16.2. The predicted octanol–water partition coefficient (Wildman–Crippen LogP) is 1.23. The van der Waals surface area contributed by atoms with E-state index in [1.807, 2.05) is 28.8 Å². The summed E-state index contributed by atoms with van der Waals surface area (Å²) in [6, 6.07) is 7.22. The van der Waals surface area contributed by atoms with Gasteiger partial charge in [-0.3, -0.25) is 9.36 Å². The summed E-state index contributed by atoms with van der Waals surface area (Å²) in [7, 11) is 0. The van der Waals surface area contributed by atoms with Crippen LogP contribution < -0.4 is 11.4 Å². The number of H-pyrrole nitrogens is 1. The summed E-state index contributed by atoms with van der Waals surface area (Å²) >= 11 is 0. The van der Waals surface area contributed by atoms with Crippen LogP contribution in [0.2, 0.25) is 0 Å². The number of carbonyl (C=O) groups excluding carboxylic acids is 1. The molecule has 2 heterocycles. The number of fused-ring (bicyclic) bond motifs is 1. The molecule has 0 aliphatic carbocycles. The summed E-state index contributed by atoms with van der Waals surface area (Å²) in [6.07, 6.45) is 1.89. The fourth-order valence-corrected chi connectivity index (χ4v) is 3.32. The zero-order valence-electron chi connectivity index (χ0n) is 13.8. The van der Waals surface area contributed by atoms with Crippen LogP contribution in [0.15, 0.2) is 29.1 Å². The van der Waals surface area contributed by atoms with Crippen molar-refractivity contribution >= 4 is 16.9 Å². The number of benzene rings is 1. The number of hydrogen-bond donors (Lipinski definition) is 2. The van der Waals surface area contributed by atoms with E-state index >= 15 is 0 Å². The Labute approximate surface area is 140 Å². The average Bonchev–Trinajstić information content (AvgIpc) is 2.95. The molecule has 0 spiro atoms. The summed E-state index contributed by atoms with van der Waals surface area (Å²) in [4.78, 5) is 29.3. The van der Waals surface area contributed by atoms with Gasteiger partial charge in [-0.25, -0.2) is 4.79 Å². The Hall–Kier alpha value is -2.52. The van der Waals surface area contributed by atoms with E-state index in [4.69, 9.17) is 5.73 Å². The normalized spacial score (nSPS) is 16.7. The molecule has 1 amide bonds. The van der Waals surface area contributed by atoms with Crippen LogP contribution in [0.1, 0.15) is 32.2 Å². The van der Waals surface area contributed by atoms with Crippen molar-refractivity contribution in [2.24, 2.45) is 5.73 Å². The number of amides is 1. The minimum Gasteiger partial charge on any atom is -0.341 e. The van der Waals surface area contributed by atoms with Crippen LogP contribution in [-0.2, 0) is 4.79 Å². The first kappa shape index (κ1) is 16.3. The topological polar surface area (TPSA) is 84.1 Å². The quantitative estimate of drug-likeness (QED) is 0.832. The van der Waals surface area contributed by atoms with Crippen molar-refractivity contribution in [2.45, 2.75) is 38.3 Å². The summed E-state index contributed by atoms with van der Waals surface area (Å²) < 4.78 is 1.82. The zero-order chi connectivity index (χ0) is 17.1. The first-order valence-corrected chi connectivity index (χ1v) is 8.25. The number of aromatic nitrogens is 2. The maximum atomic E-state index is 12.3. The molecular formula is C18H22N4O2. The molecule has 1 aromatic carbocycles. The van der Waals surface area contributed by atoms with Gasteiger partial charge in [0.1, 0.15) is 0 Å². The highest BCUT2D eigenvalue weighted by Gasteiger charge is 2.28. The number of nitrogens with two attached hydrogens (primary N) is 1. The molecule has 6 heteroatoms. The minimum atomic E-state index is -0.565. The predicted molar refractivity (Wildman–Crippen MR) is 93.5 cm³/mol. The Balaban J connectivity index is 1.70. The molecule has 1 atom stereocenters. The summed E-state index contributed by atoms with van der Waals surface area (Å²) in [5.74, 6) is 5.56. The van der Waals surface area contributed by atoms with Crippen LogP contribution in [-0.4, -0.2) is 39.5 Å². The van der Waals surface area contributed by atoms with Gasteiger partial charge in [0.2, 0.25) is 5.91 Å². The van der Waals surface area contributed by atoms with Gasteiger partial charge in [0.15, 0.2) is 0 Å². The first-order chi connectivity index (χ1) is 11.6. The van der Waals surface area contributed by atoms with Crippen molar-refractivity contribution < 1.29 is 4.79 Å². The number of carbonyl (C=O) groups is 1. The smallest absolute Gasteiger partial charge is 0.326 e. The Morgan fingerprint density at radius 3 is 2.79 bits per heavy atom. The molecule has 0 saturated carbocycles. The lowest BCUT2D eigenvalue weighted by atomic mass is 10.0. The average molecular weight is 326 g/mol. The van der Waals surface area contributed by atoms with Gasteiger partial charge in [-0.1, -0.05) is 12.1 Å². The summed E-state index contributed by atoms with van der Waals surface area (Å²) in [5.41, 5.74) is 7.59. The molecule has 1 aliphatic heterocycles. The van der Waals surface area contributed by atoms with Crippen LogP contribution in [0.4, 0.5) is 0 Å². The lowest BCUT2D eigenvalue weighted by molar-refractivity contribution is -0.133. The van der Waals surface area contributed by atoms with Crippen molar-refractivity contribution in [1.29, 1.82) is 0 Å². The number of nitrogens with zero attached hydrogens (tertiary/aromatic N) is 2. The molecule has 24 heavy (non-hydrogen) atoms. The third kappa shape index (κ3) is 3.08. The van der Waals surface area contributed by atoms with Gasteiger partial charge >= 0.3 is 5.69 Å². The fraction of sp³-hybridized carbons (Fsp3) is 0.444. The van der Waals surface area contributed by atoms with Gasteiger partial charge in [0.25, 0.3) is 0 Å². The molecule has 126 valence electrons. The van der Waals surface area contributed by atoms with Gasteiger partial charge in [0.05, 0.1) is 17.1 Å². The van der Waals surface area contributed by atoms with E-state index in [1.165, 1.54) is 0 Å². The highest BCUT2D eigenvalue weighted by Crippen LogP contribution is 2.25. The van der Waals surface area contributed by atoms with E-state index in [0.717, 1.165) is 23.9 Å². The van der Waals surface area contributed by atoms with Gasteiger partial charge in [0, 0.05) is 25.6 Å². The van der Waals surface area contributed by atoms with Gasteiger partial charge < -0.3 is 15.6 Å². The molecule has 6 nitrogen and oxygen atoms in total. The third-order valence-corrected chi connectivity index (χ3v) is 4.58. The molecule has 1 aliphatic rings. The summed E-state index contributed by atoms with van der Waals surface area (Å²) in [5, 5.41) is 0. The van der Waals surface area contributed by atoms with E-state index in [0.29, 0.717) is 19.5 Å². The molecule has 1 unspecified atom stereocenters. The maximum Gasteiger partial charge on any atom is 0.326 e. The number of aromatic amines is 1. The largest absolute Gasteiger partial charge is 0.341 e. The number of hydrogen-bond acceptors (Lipinski definition) is 3. The maximum absolute atomic E-state index is 12.3. The van der Waals surface area contributed by atoms with Crippen LogP contribution in [0, 0.1) is 11.8 Å². The molecule has 0 radical (unpaired) electrons. The van der Waals surface area contributed by atoms with Crippen LogP contribution >= 0.6 is 0 Å². The highest BCUT2D eigenvalue weighted by molar-refractivity contribution is 5.82. The fourth-order valence-electron chi connectivity index (χ4n) is 3.32. The molecule has 3 N–H and O–H groups in total. The third-order valence-electron chi connectivity index (χ3n) is 4.58. The van der Waals surface area contributed by atoms with E-state index in [1.54, 1.807) is 11.8 Å². The molecule has 1 saturated heterocycles. The van der Waals surface area contributed by atoms with Crippen molar-refractivity contribution in [3.63, 3.8) is 0 Å². The van der Waals surface area contributed by atoms with Crippen molar-refractivity contribution in [1.82, 2.24) is 14.5 Å². The second kappa shape index (κ2) is 6.93. The number of rotatable bonds is 3. The number of likely N-dealkylation sites (tertiary alicyclic amines) is 1. The first-order valence-electron chi connectivity index (χ1n) is 8.25. The van der Waals surface area contributed by atoms with E-state index in [9.17, 15) is 9.59 Å². The van der Waals surface area contributed by atoms with Crippen molar-refractivity contribution in [3.8, 4) is 11.8 Å². The van der Waals surface area contributed by atoms with Gasteiger partial charge in [-0.05, 0) is 31.9 Å². The van der Waals surface area contributed by atoms with Crippen molar-refractivity contribution in [2.75, 3.05) is 13.1 Å². The Kier molecular flexibility index (Phi) is 4.72. The number of imidazole rings is 1. The number of piperidine rings is 1. The van der Waals surface area contributed by atoms with E-state index in [-0.39, 0.29) is 17.6 Å². The van der Waals surface area contributed by atoms with Gasteiger partial charge in [-0.2, -0.15) is 0 Å². The molecule has 0 bridgehead atoms.